The van der Waals surface area contributed by atoms with Crippen LogP contribution >= 0.6 is 11.6 Å². The Bertz CT molecular complexity index is 1160. The molecule has 180 valence electrons. The maximum Gasteiger partial charge on any atom is 0.416 e. The normalized spacial score (nSPS) is 14.9. The van der Waals surface area contributed by atoms with Gasteiger partial charge in [0.15, 0.2) is 5.69 Å². The number of aryl methyl sites for hydroxylation is 1. The Morgan fingerprint density at radius 2 is 1.85 bits per heavy atom. The van der Waals surface area contributed by atoms with E-state index in [0.717, 1.165) is 6.07 Å². The van der Waals surface area contributed by atoms with Crippen LogP contribution in [0.3, 0.4) is 0 Å². The topological polar surface area (TPSA) is 58.8 Å². The largest absolute Gasteiger partial charge is 0.487 e. The third kappa shape index (κ3) is 5.53. The molecule has 1 aliphatic heterocycles. The van der Waals surface area contributed by atoms with E-state index >= 15 is 0 Å². The summed E-state index contributed by atoms with van der Waals surface area (Å²) in [5, 5.41) is 4.41. The number of rotatable bonds is 6. The van der Waals surface area contributed by atoms with Crippen molar-refractivity contribution >= 4 is 17.5 Å². The van der Waals surface area contributed by atoms with Gasteiger partial charge >= 0.3 is 6.18 Å². The predicted octanol–water partition coefficient (Wildman–Crippen LogP) is 5.19. The lowest BCUT2D eigenvalue weighted by Crippen LogP contribution is -2.48. The van der Waals surface area contributed by atoms with Gasteiger partial charge in [0.2, 0.25) is 0 Å². The number of benzene rings is 2. The third-order valence-electron chi connectivity index (χ3n) is 5.72. The van der Waals surface area contributed by atoms with Gasteiger partial charge in [-0.25, -0.2) is 0 Å². The zero-order valence-corrected chi connectivity index (χ0v) is 19.2. The van der Waals surface area contributed by atoms with Crippen LogP contribution < -0.4 is 4.74 Å². The highest BCUT2D eigenvalue weighted by Crippen LogP contribution is 2.30. The van der Waals surface area contributed by atoms with E-state index in [1.165, 1.54) is 12.1 Å². The second kappa shape index (κ2) is 10.1. The van der Waals surface area contributed by atoms with E-state index in [1.54, 1.807) is 42.2 Å². The number of carbonyl (C=O) groups is 1. The molecule has 1 amide bonds. The smallest absolute Gasteiger partial charge is 0.416 e. The Hall–Kier alpha value is -3.04. The number of amides is 1. The summed E-state index contributed by atoms with van der Waals surface area (Å²) in [6.45, 7) is 4.08. The Balaban J connectivity index is 1.36. The van der Waals surface area contributed by atoms with E-state index in [1.807, 2.05) is 4.90 Å². The van der Waals surface area contributed by atoms with Crippen LogP contribution in [0.25, 0.3) is 0 Å². The molecule has 6 nitrogen and oxygen atoms in total. The number of piperazine rings is 1. The van der Waals surface area contributed by atoms with Crippen LogP contribution in [-0.2, 0) is 19.3 Å². The van der Waals surface area contributed by atoms with Gasteiger partial charge in [-0.3, -0.25) is 9.69 Å². The average Bonchev–Trinajstić information content (AvgIpc) is 3.18. The van der Waals surface area contributed by atoms with Gasteiger partial charge in [-0.2, -0.15) is 13.2 Å². The number of halogens is 4. The van der Waals surface area contributed by atoms with E-state index in [0.29, 0.717) is 60.4 Å². The lowest BCUT2D eigenvalue weighted by atomic mass is 10.1. The molecule has 0 bridgehead atoms. The molecule has 1 aromatic heterocycles. The standard InChI is InChI=1S/C24H23ClF3N3O3/c1-16-19(15-33-21-8-3-2-7-20(21)25)22(29-34-16)23(32)31-11-9-30(10-12-31)14-17-5-4-6-18(13-17)24(26,27)28/h2-8,13H,9-12,14-15H2,1H3. The Morgan fingerprint density at radius 1 is 1.12 bits per heavy atom. The van der Waals surface area contributed by atoms with Crippen LogP contribution in [0.2, 0.25) is 5.02 Å². The van der Waals surface area contributed by atoms with Gasteiger partial charge in [-0.05, 0) is 30.7 Å². The summed E-state index contributed by atoms with van der Waals surface area (Å²) < 4.78 is 49.9. The van der Waals surface area contributed by atoms with Crippen molar-refractivity contribution in [3.05, 3.63) is 81.7 Å². The second-order valence-corrected chi connectivity index (χ2v) is 8.46. The first-order valence-corrected chi connectivity index (χ1v) is 11.1. The van der Waals surface area contributed by atoms with Gasteiger partial charge in [-0.15, -0.1) is 0 Å². The van der Waals surface area contributed by atoms with Crippen LogP contribution in [0.15, 0.2) is 53.1 Å². The number of alkyl halides is 3. The monoisotopic (exact) mass is 493 g/mol. The molecule has 0 aliphatic carbocycles. The lowest BCUT2D eigenvalue weighted by molar-refractivity contribution is -0.137. The first kappa shape index (κ1) is 24.1. The zero-order valence-electron chi connectivity index (χ0n) is 18.4. The summed E-state index contributed by atoms with van der Waals surface area (Å²) in [6.07, 6.45) is -4.37. The highest BCUT2D eigenvalue weighted by Gasteiger charge is 2.31. The summed E-state index contributed by atoms with van der Waals surface area (Å²) in [5.41, 5.74) is 0.666. The first-order valence-electron chi connectivity index (χ1n) is 10.7. The highest BCUT2D eigenvalue weighted by atomic mass is 35.5. The number of nitrogens with zero attached hydrogens (tertiary/aromatic N) is 3. The summed E-state index contributed by atoms with van der Waals surface area (Å²) in [7, 11) is 0. The van der Waals surface area contributed by atoms with Crippen LogP contribution in [-0.4, -0.2) is 47.0 Å². The molecule has 34 heavy (non-hydrogen) atoms. The molecular formula is C24H23ClF3N3O3. The van der Waals surface area contributed by atoms with Gasteiger partial charge in [0.1, 0.15) is 18.1 Å². The average molecular weight is 494 g/mol. The van der Waals surface area contributed by atoms with E-state index < -0.39 is 11.7 Å². The van der Waals surface area contributed by atoms with Gasteiger partial charge in [-0.1, -0.05) is 47.1 Å². The SMILES string of the molecule is Cc1onc(C(=O)N2CCN(Cc3cccc(C(F)(F)F)c3)CC2)c1COc1ccccc1Cl. The zero-order chi connectivity index (χ0) is 24.3. The summed E-state index contributed by atoms with van der Waals surface area (Å²) in [5.74, 6) is 0.707. The maximum atomic E-state index is 13.1. The van der Waals surface area contributed by atoms with Crippen molar-refractivity contribution in [2.24, 2.45) is 0 Å². The molecule has 0 N–H and O–H groups in total. The minimum Gasteiger partial charge on any atom is -0.487 e. The van der Waals surface area contributed by atoms with E-state index in [4.69, 9.17) is 20.9 Å². The number of carbonyl (C=O) groups excluding carboxylic acids is 1. The highest BCUT2D eigenvalue weighted by molar-refractivity contribution is 6.32. The van der Waals surface area contributed by atoms with Crippen molar-refractivity contribution in [1.29, 1.82) is 0 Å². The molecule has 0 spiro atoms. The van der Waals surface area contributed by atoms with Crippen molar-refractivity contribution in [1.82, 2.24) is 15.0 Å². The Labute approximate surface area is 199 Å². The third-order valence-corrected chi connectivity index (χ3v) is 6.03. The van der Waals surface area contributed by atoms with E-state index in [2.05, 4.69) is 5.16 Å². The van der Waals surface area contributed by atoms with Crippen molar-refractivity contribution in [3.8, 4) is 5.75 Å². The molecule has 0 atom stereocenters. The molecule has 3 aromatic rings. The van der Waals surface area contributed by atoms with Crippen molar-refractivity contribution in [2.45, 2.75) is 26.3 Å². The van der Waals surface area contributed by atoms with Gasteiger partial charge in [0.25, 0.3) is 5.91 Å². The molecular weight excluding hydrogens is 471 g/mol. The number of aromatic nitrogens is 1. The van der Waals surface area contributed by atoms with Crippen LogP contribution in [0, 0.1) is 6.92 Å². The minimum absolute atomic E-state index is 0.0790. The summed E-state index contributed by atoms with van der Waals surface area (Å²) in [6, 6.07) is 12.4. The summed E-state index contributed by atoms with van der Waals surface area (Å²) >= 11 is 6.13. The quantitative estimate of drug-likeness (QED) is 0.473. The molecule has 1 fully saturated rings. The Morgan fingerprint density at radius 3 is 2.56 bits per heavy atom. The molecule has 0 unspecified atom stereocenters. The molecule has 2 aromatic carbocycles. The molecule has 0 saturated carbocycles. The van der Waals surface area contributed by atoms with Crippen LogP contribution in [0.4, 0.5) is 13.2 Å². The lowest BCUT2D eigenvalue weighted by Gasteiger charge is -2.34. The van der Waals surface area contributed by atoms with E-state index in [-0.39, 0.29) is 18.2 Å². The molecule has 10 heteroatoms. The van der Waals surface area contributed by atoms with Gasteiger partial charge < -0.3 is 14.2 Å². The minimum atomic E-state index is -4.37. The number of para-hydroxylation sites is 1. The molecule has 0 radical (unpaired) electrons. The fraction of sp³-hybridized carbons (Fsp3) is 0.333. The fourth-order valence-electron chi connectivity index (χ4n) is 3.80. The van der Waals surface area contributed by atoms with E-state index in [9.17, 15) is 18.0 Å². The van der Waals surface area contributed by atoms with Crippen molar-refractivity contribution in [3.63, 3.8) is 0 Å². The van der Waals surface area contributed by atoms with Gasteiger partial charge in [0.05, 0.1) is 16.1 Å². The van der Waals surface area contributed by atoms with Gasteiger partial charge in [0, 0.05) is 32.7 Å². The van der Waals surface area contributed by atoms with Crippen LogP contribution in [0.1, 0.15) is 32.9 Å². The molecule has 4 rings (SSSR count). The number of hydrogen-bond acceptors (Lipinski definition) is 5. The predicted molar refractivity (Wildman–Crippen MR) is 120 cm³/mol. The molecule has 1 aliphatic rings. The van der Waals surface area contributed by atoms with Crippen LogP contribution in [0.5, 0.6) is 5.75 Å². The fourth-order valence-corrected chi connectivity index (χ4v) is 3.99. The molecule has 2 heterocycles. The summed E-state index contributed by atoms with van der Waals surface area (Å²) in [4.78, 5) is 16.8. The second-order valence-electron chi connectivity index (χ2n) is 8.05. The Kier molecular flexibility index (Phi) is 7.13. The van der Waals surface area contributed by atoms with Crippen molar-refractivity contribution < 1.29 is 27.2 Å². The molecule has 1 saturated heterocycles. The number of hydrogen-bond donors (Lipinski definition) is 0. The first-order chi connectivity index (χ1) is 16.2. The van der Waals surface area contributed by atoms with Crippen molar-refractivity contribution in [2.75, 3.05) is 26.2 Å². The number of ether oxygens (including phenoxy) is 1. The maximum absolute atomic E-state index is 13.1.